The predicted molar refractivity (Wildman–Crippen MR) is 71.3 cm³/mol. The molecule has 0 aliphatic carbocycles. The predicted octanol–water partition coefficient (Wildman–Crippen LogP) is 3.65. The Kier molecular flexibility index (Phi) is 4.16. The van der Waals surface area contributed by atoms with Gasteiger partial charge >= 0.3 is 0 Å². The summed E-state index contributed by atoms with van der Waals surface area (Å²) < 4.78 is 32.1. The molecule has 2 aromatic carbocycles. The fraction of sp³-hybridized carbons (Fsp3) is 0.133. The number of hydrogen-bond acceptors (Lipinski definition) is 3. The van der Waals surface area contributed by atoms with Gasteiger partial charge in [-0.15, -0.1) is 0 Å². The normalized spacial score (nSPS) is 11.5. The molecule has 1 unspecified atom stereocenters. The fourth-order valence-corrected chi connectivity index (χ4v) is 1.84. The van der Waals surface area contributed by atoms with Gasteiger partial charge in [0.05, 0.1) is 18.9 Å². The first-order valence-corrected chi connectivity index (χ1v) is 5.90. The molecule has 5 heteroatoms. The highest BCUT2D eigenvalue weighted by molar-refractivity contribution is 5.58. The standard InChI is InChI=1S/C15H12F2N2O/c1-20-14-8-3-2-7-12(14)19-13(9-18)10-5-4-6-11(16)15(10)17/h2-8,13,19H,1H3. The molecule has 0 fully saturated rings. The van der Waals surface area contributed by atoms with Crippen molar-refractivity contribution in [2.75, 3.05) is 12.4 Å². The van der Waals surface area contributed by atoms with Crippen LogP contribution >= 0.6 is 0 Å². The number of para-hydroxylation sites is 2. The molecule has 0 saturated heterocycles. The van der Waals surface area contributed by atoms with Crippen LogP contribution < -0.4 is 10.1 Å². The number of nitrogens with one attached hydrogen (secondary N) is 1. The van der Waals surface area contributed by atoms with Gasteiger partial charge in [-0.1, -0.05) is 24.3 Å². The summed E-state index contributed by atoms with van der Waals surface area (Å²) in [5.41, 5.74) is 0.489. The van der Waals surface area contributed by atoms with Crippen LogP contribution in [-0.2, 0) is 0 Å². The Bertz CT molecular complexity index is 653. The number of halogens is 2. The maximum atomic E-state index is 13.7. The van der Waals surface area contributed by atoms with Crippen LogP contribution in [0.2, 0.25) is 0 Å². The largest absolute Gasteiger partial charge is 0.495 e. The molecule has 1 atom stereocenters. The molecule has 2 rings (SSSR count). The van der Waals surface area contributed by atoms with Gasteiger partial charge in [-0.2, -0.15) is 5.26 Å². The number of ether oxygens (including phenoxy) is 1. The summed E-state index contributed by atoms with van der Waals surface area (Å²) in [6, 6.07) is 11.6. The van der Waals surface area contributed by atoms with E-state index >= 15 is 0 Å². The van der Waals surface area contributed by atoms with Gasteiger partial charge < -0.3 is 10.1 Å². The topological polar surface area (TPSA) is 45.0 Å². The molecule has 102 valence electrons. The average Bonchev–Trinajstić information content (AvgIpc) is 2.48. The maximum absolute atomic E-state index is 13.7. The first-order chi connectivity index (χ1) is 9.67. The number of methoxy groups -OCH3 is 1. The van der Waals surface area contributed by atoms with Gasteiger partial charge in [0, 0.05) is 5.56 Å². The zero-order chi connectivity index (χ0) is 14.5. The Morgan fingerprint density at radius 2 is 1.90 bits per heavy atom. The van der Waals surface area contributed by atoms with Gasteiger partial charge in [-0.3, -0.25) is 0 Å². The molecule has 0 spiro atoms. The lowest BCUT2D eigenvalue weighted by Crippen LogP contribution is -2.12. The number of hydrogen-bond donors (Lipinski definition) is 1. The van der Waals surface area contributed by atoms with Gasteiger partial charge in [0.15, 0.2) is 11.6 Å². The van der Waals surface area contributed by atoms with Crippen molar-refractivity contribution < 1.29 is 13.5 Å². The Balaban J connectivity index is 2.35. The van der Waals surface area contributed by atoms with Crippen molar-refractivity contribution in [3.05, 3.63) is 59.7 Å². The Hall–Kier alpha value is -2.61. The number of nitriles is 1. The summed E-state index contributed by atoms with van der Waals surface area (Å²) in [6.45, 7) is 0. The van der Waals surface area contributed by atoms with Crippen LogP contribution in [0.5, 0.6) is 5.75 Å². The smallest absolute Gasteiger partial charge is 0.165 e. The van der Waals surface area contributed by atoms with E-state index < -0.39 is 17.7 Å². The van der Waals surface area contributed by atoms with E-state index in [0.29, 0.717) is 11.4 Å². The molecule has 20 heavy (non-hydrogen) atoms. The molecule has 2 aromatic rings. The summed E-state index contributed by atoms with van der Waals surface area (Å²) in [7, 11) is 1.49. The monoisotopic (exact) mass is 274 g/mol. The number of nitrogens with zero attached hydrogens (tertiary/aromatic N) is 1. The summed E-state index contributed by atoms with van der Waals surface area (Å²) in [5, 5.41) is 12.0. The quantitative estimate of drug-likeness (QED) is 0.925. The van der Waals surface area contributed by atoms with Crippen LogP contribution in [0.4, 0.5) is 14.5 Å². The number of benzene rings is 2. The molecular weight excluding hydrogens is 262 g/mol. The third kappa shape index (κ3) is 2.69. The van der Waals surface area contributed by atoms with Crippen molar-refractivity contribution in [3.63, 3.8) is 0 Å². The highest BCUT2D eigenvalue weighted by Gasteiger charge is 2.18. The Morgan fingerprint density at radius 1 is 1.15 bits per heavy atom. The summed E-state index contributed by atoms with van der Waals surface area (Å²) in [6.07, 6.45) is 0. The van der Waals surface area contributed by atoms with Crippen molar-refractivity contribution in [2.24, 2.45) is 0 Å². The van der Waals surface area contributed by atoms with Crippen LogP contribution in [0.3, 0.4) is 0 Å². The van der Waals surface area contributed by atoms with Crippen molar-refractivity contribution >= 4 is 5.69 Å². The van der Waals surface area contributed by atoms with E-state index in [1.807, 2.05) is 6.07 Å². The van der Waals surface area contributed by atoms with Crippen molar-refractivity contribution in [3.8, 4) is 11.8 Å². The minimum atomic E-state index is -1.03. The molecule has 0 aromatic heterocycles. The lowest BCUT2D eigenvalue weighted by atomic mass is 10.1. The SMILES string of the molecule is COc1ccccc1NC(C#N)c1cccc(F)c1F. The van der Waals surface area contributed by atoms with Crippen molar-refractivity contribution in [1.29, 1.82) is 5.26 Å². The van der Waals surface area contributed by atoms with Gasteiger partial charge in [-0.05, 0) is 18.2 Å². The summed E-state index contributed by atoms with van der Waals surface area (Å²) in [4.78, 5) is 0. The molecular formula is C15H12F2N2O. The Morgan fingerprint density at radius 3 is 2.60 bits per heavy atom. The summed E-state index contributed by atoms with van der Waals surface area (Å²) in [5.74, 6) is -1.49. The molecule has 0 radical (unpaired) electrons. The van der Waals surface area contributed by atoms with E-state index in [0.717, 1.165) is 6.07 Å². The maximum Gasteiger partial charge on any atom is 0.165 e. The molecule has 0 aliphatic rings. The first kappa shape index (κ1) is 13.8. The average molecular weight is 274 g/mol. The van der Waals surface area contributed by atoms with Crippen LogP contribution in [0.1, 0.15) is 11.6 Å². The van der Waals surface area contributed by atoms with Crippen LogP contribution in [-0.4, -0.2) is 7.11 Å². The van der Waals surface area contributed by atoms with Crippen LogP contribution in [0, 0.1) is 23.0 Å². The third-order valence-corrected chi connectivity index (χ3v) is 2.83. The number of rotatable bonds is 4. The van der Waals surface area contributed by atoms with E-state index in [1.165, 1.54) is 19.2 Å². The van der Waals surface area contributed by atoms with Crippen LogP contribution in [0.25, 0.3) is 0 Å². The van der Waals surface area contributed by atoms with E-state index in [-0.39, 0.29) is 5.56 Å². The van der Waals surface area contributed by atoms with E-state index in [1.54, 1.807) is 24.3 Å². The highest BCUT2D eigenvalue weighted by atomic mass is 19.2. The second-order valence-corrected chi connectivity index (χ2v) is 4.05. The van der Waals surface area contributed by atoms with Gasteiger partial charge in [-0.25, -0.2) is 8.78 Å². The molecule has 0 bridgehead atoms. The minimum Gasteiger partial charge on any atom is -0.495 e. The summed E-state index contributed by atoms with van der Waals surface area (Å²) >= 11 is 0. The van der Waals surface area contributed by atoms with Crippen molar-refractivity contribution in [1.82, 2.24) is 0 Å². The molecule has 0 amide bonds. The van der Waals surface area contributed by atoms with E-state index in [4.69, 9.17) is 4.74 Å². The van der Waals surface area contributed by atoms with Crippen LogP contribution in [0.15, 0.2) is 42.5 Å². The van der Waals surface area contributed by atoms with Crippen molar-refractivity contribution in [2.45, 2.75) is 6.04 Å². The van der Waals surface area contributed by atoms with E-state index in [9.17, 15) is 14.0 Å². The second kappa shape index (κ2) is 6.02. The zero-order valence-corrected chi connectivity index (χ0v) is 10.7. The molecule has 0 aliphatic heterocycles. The number of anilines is 1. The Labute approximate surface area is 115 Å². The lowest BCUT2D eigenvalue weighted by Gasteiger charge is -2.16. The zero-order valence-electron chi connectivity index (χ0n) is 10.7. The van der Waals surface area contributed by atoms with Gasteiger partial charge in [0.25, 0.3) is 0 Å². The molecule has 0 saturated carbocycles. The minimum absolute atomic E-state index is 0.0431. The highest BCUT2D eigenvalue weighted by Crippen LogP contribution is 2.29. The third-order valence-electron chi connectivity index (χ3n) is 2.83. The second-order valence-electron chi connectivity index (χ2n) is 4.05. The first-order valence-electron chi connectivity index (χ1n) is 5.90. The lowest BCUT2D eigenvalue weighted by molar-refractivity contribution is 0.416. The van der Waals surface area contributed by atoms with E-state index in [2.05, 4.69) is 5.32 Å². The molecule has 1 N–H and O–H groups in total. The fourth-order valence-electron chi connectivity index (χ4n) is 1.84. The molecule has 0 heterocycles. The van der Waals surface area contributed by atoms with Gasteiger partial charge in [0.2, 0.25) is 0 Å². The molecule has 3 nitrogen and oxygen atoms in total. The van der Waals surface area contributed by atoms with Gasteiger partial charge in [0.1, 0.15) is 11.8 Å².